The number of aromatic nitrogens is 3. The van der Waals surface area contributed by atoms with E-state index in [1.807, 2.05) is 31.9 Å². The molecule has 0 aromatic carbocycles. The maximum atomic E-state index is 9.53. The lowest BCUT2D eigenvalue weighted by Gasteiger charge is -2.20. The molecular formula is C16H18ClN5. The highest BCUT2D eigenvalue weighted by Gasteiger charge is 2.17. The Bertz CT molecular complexity index is 691. The Balaban J connectivity index is 2.35. The minimum Gasteiger partial charge on any atom is -0.353 e. The molecule has 0 spiro atoms. The van der Waals surface area contributed by atoms with E-state index in [0.717, 1.165) is 29.7 Å². The predicted octanol–water partition coefficient (Wildman–Crippen LogP) is 3.16. The van der Waals surface area contributed by atoms with Crippen molar-refractivity contribution in [2.24, 2.45) is 0 Å². The van der Waals surface area contributed by atoms with E-state index in [-0.39, 0.29) is 0 Å². The van der Waals surface area contributed by atoms with Crippen LogP contribution in [0, 0.1) is 11.3 Å². The van der Waals surface area contributed by atoms with Gasteiger partial charge in [0.05, 0.1) is 5.69 Å². The molecule has 2 rings (SSSR count). The summed E-state index contributed by atoms with van der Waals surface area (Å²) in [7, 11) is 1.89. The second-order valence-electron chi connectivity index (χ2n) is 4.99. The van der Waals surface area contributed by atoms with Crippen LogP contribution in [0.5, 0.6) is 0 Å². The second kappa shape index (κ2) is 7.19. The Morgan fingerprint density at radius 1 is 1.23 bits per heavy atom. The molecule has 114 valence electrons. The molecule has 0 aliphatic carbocycles. The first-order valence-corrected chi connectivity index (χ1v) is 7.58. The molecule has 0 atom stereocenters. The predicted molar refractivity (Wildman–Crippen MR) is 86.9 cm³/mol. The first kappa shape index (κ1) is 16.2. The quantitative estimate of drug-likeness (QED) is 0.793. The van der Waals surface area contributed by atoms with Crippen molar-refractivity contribution >= 4 is 17.4 Å². The zero-order valence-corrected chi connectivity index (χ0v) is 13.7. The fraction of sp³-hybridized carbons (Fsp3) is 0.375. The van der Waals surface area contributed by atoms with Gasteiger partial charge >= 0.3 is 0 Å². The van der Waals surface area contributed by atoms with Crippen LogP contribution in [0.25, 0.3) is 0 Å². The molecule has 0 amide bonds. The largest absolute Gasteiger partial charge is 0.353 e. The summed E-state index contributed by atoms with van der Waals surface area (Å²) in [5, 5.41) is 18.5. The molecule has 0 radical (unpaired) electrons. The Hall–Kier alpha value is -2.19. The van der Waals surface area contributed by atoms with Gasteiger partial charge in [-0.2, -0.15) is 10.4 Å². The maximum absolute atomic E-state index is 9.53. The topological polar surface area (TPSA) is 65.7 Å². The van der Waals surface area contributed by atoms with Gasteiger partial charge < -0.3 is 4.90 Å². The Morgan fingerprint density at radius 3 is 2.55 bits per heavy atom. The third-order valence-electron chi connectivity index (χ3n) is 3.51. The number of aryl methyl sites for hydroxylation is 1. The van der Waals surface area contributed by atoms with Crippen molar-refractivity contribution in [2.75, 3.05) is 11.9 Å². The van der Waals surface area contributed by atoms with Gasteiger partial charge in [-0.25, -0.2) is 4.98 Å². The third-order valence-corrected chi connectivity index (χ3v) is 3.73. The summed E-state index contributed by atoms with van der Waals surface area (Å²) in [5.41, 5.74) is 3.48. The summed E-state index contributed by atoms with van der Waals surface area (Å²) in [4.78, 5) is 5.98. The van der Waals surface area contributed by atoms with Crippen LogP contribution in [-0.2, 0) is 19.4 Å². The fourth-order valence-electron chi connectivity index (χ4n) is 2.40. The highest BCUT2D eigenvalue weighted by Crippen LogP contribution is 2.23. The number of nitrogens with zero attached hydrogens (tertiary/aromatic N) is 5. The number of pyridine rings is 1. The first-order valence-electron chi connectivity index (χ1n) is 7.20. The van der Waals surface area contributed by atoms with Gasteiger partial charge in [0.2, 0.25) is 0 Å². The lowest BCUT2D eigenvalue weighted by Crippen LogP contribution is -2.21. The number of anilines is 1. The third kappa shape index (κ3) is 3.34. The van der Waals surface area contributed by atoms with Crippen molar-refractivity contribution in [2.45, 2.75) is 33.2 Å². The highest BCUT2D eigenvalue weighted by molar-refractivity contribution is 6.29. The Kier molecular flexibility index (Phi) is 5.29. The summed E-state index contributed by atoms with van der Waals surface area (Å²) in [6, 6.07) is 5.94. The standard InChI is InChI=1S/C16H18ClN5/c1-4-12-13(8-18)16(21-20-14(12)5-2)22(3)10-11-6-7-15(17)19-9-11/h6-7,9H,4-5,10H2,1-3H3. The summed E-state index contributed by atoms with van der Waals surface area (Å²) < 4.78 is 0. The molecule has 2 aromatic rings. The van der Waals surface area contributed by atoms with Gasteiger partial charge in [-0.15, -0.1) is 5.10 Å². The van der Waals surface area contributed by atoms with Crippen molar-refractivity contribution in [3.05, 3.63) is 45.9 Å². The highest BCUT2D eigenvalue weighted by atomic mass is 35.5. The smallest absolute Gasteiger partial charge is 0.169 e. The number of rotatable bonds is 5. The number of hydrogen-bond donors (Lipinski definition) is 0. The Morgan fingerprint density at radius 2 is 2.00 bits per heavy atom. The summed E-state index contributed by atoms with van der Waals surface area (Å²) in [6.45, 7) is 4.64. The van der Waals surface area contributed by atoms with Gasteiger partial charge in [-0.05, 0) is 30.0 Å². The van der Waals surface area contributed by atoms with E-state index < -0.39 is 0 Å². The van der Waals surface area contributed by atoms with Crippen LogP contribution in [0.15, 0.2) is 18.3 Å². The van der Waals surface area contributed by atoms with E-state index >= 15 is 0 Å². The lowest BCUT2D eigenvalue weighted by molar-refractivity contribution is 0.817. The zero-order valence-electron chi connectivity index (χ0n) is 13.0. The first-order chi connectivity index (χ1) is 10.6. The van der Waals surface area contributed by atoms with Crippen LogP contribution in [-0.4, -0.2) is 22.2 Å². The van der Waals surface area contributed by atoms with Crippen molar-refractivity contribution in [3.8, 4) is 6.07 Å². The molecule has 0 aliphatic rings. The van der Waals surface area contributed by atoms with Crippen molar-refractivity contribution in [1.29, 1.82) is 5.26 Å². The lowest BCUT2D eigenvalue weighted by atomic mass is 10.0. The molecule has 0 N–H and O–H groups in total. The molecular weight excluding hydrogens is 298 g/mol. The number of nitriles is 1. The van der Waals surface area contributed by atoms with Crippen LogP contribution < -0.4 is 4.90 Å². The molecule has 0 saturated heterocycles. The number of halogens is 1. The molecule has 0 bridgehead atoms. The maximum Gasteiger partial charge on any atom is 0.169 e. The van der Waals surface area contributed by atoms with Crippen molar-refractivity contribution in [1.82, 2.24) is 15.2 Å². The molecule has 5 nitrogen and oxygen atoms in total. The number of hydrogen-bond acceptors (Lipinski definition) is 5. The SMILES string of the molecule is CCc1nnc(N(C)Cc2ccc(Cl)nc2)c(C#N)c1CC. The van der Waals surface area contributed by atoms with E-state index in [2.05, 4.69) is 21.3 Å². The minimum absolute atomic E-state index is 0.462. The van der Waals surface area contributed by atoms with Crippen LogP contribution in [0.3, 0.4) is 0 Å². The Labute approximate surface area is 135 Å². The van der Waals surface area contributed by atoms with Gasteiger partial charge in [-0.1, -0.05) is 31.5 Å². The second-order valence-corrected chi connectivity index (χ2v) is 5.38. The van der Waals surface area contributed by atoms with Gasteiger partial charge in [-0.3, -0.25) is 0 Å². The minimum atomic E-state index is 0.462. The van der Waals surface area contributed by atoms with E-state index in [1.54, 1.807) is 12.3 Å². The fourth-order valence-corrected chi connectivity index (χ4v) is 2.51. The van der Waals surface area contributed by atoms with Gasteiger partial charge in [0.1, 0.15) is 16.8 Å². The molecule has 0 aliphatic heterocycles. The molecule has 2 heterocycles. The summed E-state index contributed by atoms with van der Waals surface area (Å²) >= 11 is 5.80. The van der Waals surface area contributed by atoms with E-state index in [9.17, 15) is 5.26 Å². The molecule has 2 aromatic heterocycles. The van der Waals surface area contributed by atoms with Crippen LogP contribution in [0.2, 0.25) is 5.15 Å². The van der Waals surface area contributed by atoms with Crippen LogP contribution in [0.4, 0.5) is 5.82 Å². The molecule has 22 heavy (non-hydrogen) atoms. The van der Waals surface area contributed by atoms with Crippen LogP contribution >= 0.6 is 11.6 Å². The zero-order chi connectivity index (χ0) is 16.1. The van der Waals surface area contributed by atoms with Gasteiger partial charge in [0.25, 0.3) is 0 Å². The molecule has 0 fully saturated rings. The van der Waals surface area contributed by atoms with E-state index in [0.29, 0.717) is 23.1 Å². The van der Waals surface area contributed by atoms with E-state index in [4.69, 9.17) is 11.6 Å². The van der Waals surface area contributed by atoms with Gasteiger partial charge in [0.15, 0.2) is 5.82 Å². The monoisotopic (exact) mass is 315 g/mol. The normalized spacial score (nSPS) is 10.3. The molecule has 6 heteroatoms. The van der Waals surface area contributed by atoms with Gasteiger partial charge in [0, 0.05) is 19.8 Å². The summed E-state index contributed by atoms with van der Waals surface area (Å²) in [5.74, 6) is 0.603. The van der Waals surface area contributed by atoms with Crippen molar-refractivity contribution < 1.29 is 0 Å². The summed E-state index contributed by atoms with van der Waals surface area (Å²) in [6.07, 6.45) is 3.26. The molecule has 0 unspecified atom stereocenters. The average molecular weight is 316 g/mol. The van der Waals surface area contributed by atoms with E-state index in [1.165, 1.54) is 0 Å². The molecule has 0 saturated carbocycles. The van der Waals surface area contributed by atoms with Crippen molar-refractivity contribution in [3.63, 3.8) is 0 Å². The average Bonchev–Trinajstić information content (AvgIpc) is 2.55. The van der Waals surface area contributed by atoms with Crippen LogP contribution in [0.1, 0.15) is 36.2 Å².